The van der Waals surface area contributed by atoms with Crippen molar-refractivity contribution >= 4 is 26.0 Å². The molecule has 0 spiro atoms. The molecule has 2 N–H and O–H groups in total. The Kier molecular flexibility index (Phi) is 6.91. The van der Waals surface area contributed by atoms with Crippen molar-refractivity contribution in [2.45, 2.75) is 31.3 Å². The zero-order valence-electron chi connectivity index (χ0n) is 13.4. The molecule has 4 nitrogen and oxygen atoms in total. The summed E-state index contributed by atoms with van der Waals surface area (Å²) >= 11 is 3.26. The standard InChI is InChI=1S/C17H20BrFN2O2S/c1-2-8-20-12-14-9-15(18)10-16(17(14)19)24(22,23)21-11-13-6-4-3-5-7-13/h3-7,9-10,20-21H,2,8,11-12H2,1H3. The first-order valence-corrected chi connectivity index (χ1v) is 9.94. The predicted octanol–water partition coefficient (Wildman–Crippen LogP) is 3.57. The first-order valence-electron chi connectivity index (χ1n) is 7.66. The molecule has 2 rings (SSSR count). The maximum absolute atomic E-state index is 14.6. The van der Waals surface area contributed by atoms with E-state index in [2.05, 4.69) is 26.0 Å². The first-order chi connectivity index (χ1) is 11.4. The summed E-state index contributed by atoms with van der Waals surface area (Å²) in [6, 6.07) is 12.0. The molecule has 0 amide bonds. The van der Waals surface area contributed by atoms with Gasteiger partial charge in [0.1, 0.15) is 10.7 Å². The normalized spacial score (nSPS) is 11.6. The highest BCUT2D eigenvalue weighted by molar-refractivity contribution is 9.10. The molecular weight excluding hydrogens is 395 g/mol. The topological polar surface area (TPSA) is 58.2 Å². The van der Waals surface area contributed by atoms with Crippen molar-refractivity contribution in [3.8, 4) is 0 Å². The molecule has 0 fully saturated rings. The van der Waals surface area contributed by atoms with Gasteiger partial charge in [-0.05, 0) is 30.7 Å². The lowest BCUT2D eigenvalue weighted by atomic mass is 10.2. The molecule has 0 atom stereocenters. The molecule has 0 aliphatic carbocycles. The Balaban J connectivity index is 2.22. The van der Waals surface area contributed by atoms with Crippen LogP contribution in [0.25, 0.3) is 0 Å². The van der Waals surface area contributed by atoms with Gasteiger partial charge in [0.15, 0.2) is 0 Å². The highest BCUT2D eigenvalue weighted by Gasteiger charge is 2.22. The van der Waals surface area contributed by atoms with Crippen LogP contribution in [0.15, 0.2) is 51.8 Å². The minimum atomic E-state index is -3.95. The zero-order chi connectivity index (χ0) is 17.6. The smallest absolute Gasteiger partial charge is 0.243 e. The van der Waals surface area contributed by atoms with E-state index in [1.54, 1.807) is 18.2 Å². The molecule has 0 aliphatic heterocycles. The SMILES string of the molecule is CCCNCc1cc(Br)cc(S(=O)(=O)NCc2ccccc2)c1F. The minimum absolute atomic E-state index is 0.110. The van der Waals surface area contributed by atoms with E-state index in [1.807, 2.05) is 25.1 Å². The Morgan fingerprint density at radius 1 is 1.12 bits per heavy atom. The van der Waals surface area contributed by atoms with Crippen molar-refractivity contribution < 1.29 is 12.8 Å². The van der Waals surface area contributed by atoms with Gasteiger partial charge in [0, 0.05) is 23.1 Å². The molecule has 130 valence electrons. The number of sulfonamides is 1. The van der Waals surface area contributed by atoms with E-state index in [9.17, 15) is 12.8 Å². The van der Waals surface area contributed by atoms with Crippen LogP contribution in [0.1, 0.15) is 24.5 Å². The van der Waals surface area contributed by atoms with Gasteiger partial charge in [-0.3, -0.25) is 0 Å². The molecular formula is C17H20BrFN2O2S. The summed E-state index contributed by atoms with van der Waals surface area (Å²) in [5.74, 6) is -0.720. The lowest BCUT2D eigenvalue weighted by Gasteiger charge is -2.12. The van der Waals surface area contributed by atoms with Gasteiger partial charge in [-0.25, -0.2) is 17.5 Å². The van der Waals surface area contributed by atoms with Crippen LogP contribution in [0.3, 0.4) is 0 Å². The van der Waals surface area contributed by atoms with E-state index in [0.717, 1.165) is 18.5 Å². The average Bonchev–Trinajstić information content (AvgIpc) is 2.57. The van der Waals surface area contributed by atoms with E-state index in [-0.39, 0.29) is 18.0 Å². The highest BCUT2D eigenvalue weighted by Crippen LogP contribution is 2.24. The van der Waals surface area contributed by atoms with E-state index >= 15 is 0 Å². The Bertz CT molecular complexity index is 783. The number of benzene rings is 2. The van der Waals surface area contributed by atoms with Crippen LogP contribution in [0.2, 0.25) is 0 Å². The average molecular weight is 415 g/mol. The zero-order valence-corrected chi connectivity index (χ0v) is 15.8. The van der Waals surface area contributed by atoms with E-state index < -0.39 is 15.8 Å². The molecule has 2 aromatic carbocycles. The quantitative estimate of drug-likeness (QED) is 0.649. The van der Waals surface area contributed by atoms with Gasteiger partial charge in [0.2, 0.25) is 10.0 Å². The number of halogens is 2. The van der Waals surface area contributed by atoms with Crippen LogP contribution in [0, 0.1) is 5.82 Å². The molecule has 24 heavy (non-hydrogen) atoms. The van der Waals surface area contributed by atoms with Gasteiger partial charge in [0.25, 0.3) is 0 Å². The predicted molar refractivity (Wildman–Crippen MR) is 96.6 cm³/mol. The maximum Gasteiger partial charge on any atom is 0.243 e. The highest BCUT2D eigenvalue weighted by atomic mass is 79.9. The Morgan fingerprint density at radius 2 is 1.83 bits per heavy atom. The van der Waals surface area contributed by atoms with Crippen LogP contribution < -0.4 is 10.0 Å². The van der Waals surface area contributed by atoms with Crippen molar-refractivity contribution in [3.63, 3.8) is 0 Å². The number of hydrogen-bond acceptors (Lipinski definition) is 3. The molecule has 0 saturated heterocycles. The molecule has 0 bridgehead atoms. The molecule has 7 heteroatoms. The third-order valence-electron chi connectivity index (χ3n) is 3.42. The van der Waals surface area contributed by atoms with Crippen LogP contribution in [-0.2, 0) is 23.1 Å². The molecule has 0 aliphatic rings. The van der Waals surface area contributed by atoms with E-state index in [4.69, 9.17) is 0 Å². The number of hydrogen-bond donors (Lipinski definition) is 2. The third-order valence-corrected chi connectivity index (χ3v) is 5.28. The second-order valence-electron chi connectivity index (χ2n) is 5.36. The van der Waals surface area contributed by atoms with Crippen LogP contribution in [-0.4, -0.2) is 15.0 Å². The van der Waals surface area contributed by atoms with E-state index in [0.29, 0.717) is 10.0 Å². The second-order valence-corrected chi connectivity index (χ2v) is 8.02. The summed E-state index contributed by atoms with van der Waals surface area (Å²) in [7, 11) is -3.95. The van der Waals surface area contributed by atoms with Gasteiger partial charge in [-0.1, -0.05) is 53.2 Å². The second kappa shape index (κ2) is 8.71. The van der Waals surface area contributed by atoms with Gasteiger partial charge in [-0.15, -0.1) is 0 Å². The summed E-state index contributed by atoms with van der Waals surface area (Å²) in [5, 5.41) is 3.08. The molecule has 0 aromatic heterocycles. The lowest BCUT2D eigenvalue weighted by molar-refractivity contribution is 0.541. The van der Waals surface area contributed by atoms with Gasteiger partial charge < -0.3 is 5.32 Å². The van der Waals surface area contributed by atoms with Crippen molar-refractivity contribution in [2.75, 3.05) is 6.54 Å². The number of rotatable bonds is 8. The van der Waals surface area contributed by atoms with Crippen molar-refractivity contribution in [3.05, 3.63) is 63.9 Å². The van der Waals surface area contributed by atoms with Crippen LogP contribution >= 0.6 is 15.9 Å². The minimum Gasteiger partial charge on any atom is -0.313 e. The lowest BCUT2D eigenvalue weighted by Crippen LogP contribution is -2.25. The van der Waals surface area contributed by atoms with Crippen LogP contribution in [0.5, 0.6) is 0 Å². The fraction of sp³-hybridized carbons (Fsp3) is 0.294. The van der Waals surface area contributed by atoms with Crippen molar-refractivity contribution in [2.24, 2.45) is 0 Å². The molecule has 0 unspecified atom stereocenters. The summed E-state index contributed by atoms with van der Waals surface area (Å²) in [5.41, 5.74) is 1.12. The fourth-order valence-electron chi connectivity index (χ4n) is 2.19. The van der Waals surface area contributed by atoms with Gasteiger partial charge in [-0.2, -0.15) is 0 Å². The summed E-state index contributed by atoms with van der Waals surface area (Å²) in [6.45, 7) is 3.13. The summed E-state index contributed by atoms with van der Waals surface area (Å²) in [4.78, 5) is -0.346. The molecule has 0 saturated carbocycles. The maximum atomic E-state index is 14.6. The Labute approximate surface area is 150 Å². The Hall–Kier alpha value is -1.28. The molecule has 2 aromatic rings. The largest absolute Gasteiger partial charge is 0.313 e. The van der Waals surface area contributed by atoms with Crippen molar-refractivity contribution in [1.29, 1.82) is 0 Å². The van der Waals surface area contributed by atoms with Gasteiger partial charge in [0.05, 0.1) is 0 Å². The van der Waals surface area contributed by atoms with E-state index in [1.165, 1.54) is 6.07 Å². The Morgan fingerprint density at radius 3 is 2.50 bits per heavy atom. The van der Waals surface area contributed by atoms with Crippen LogP contribution in [0.4, 0.5) is 4.39 Å². The number of nitrogens with one attached hydrogen (secondary N) is 2. The molecule has 0 radical (unpaired) electrons. The third kappa shape index (κ3) is 5.11. The first kappa shape index (κ1) is 19.1. The molecule has 0 heterocycles. The summed E-state index contributed by atoms with van der Waals surface area (Å²) in [6.07, 6.45) is 0.916. The monoisotopic (exact) mass is 414 g/mol. The van der Waals surface area contributed by atoms with Gasteiger partial charge >= 0.3 is 0 Å². The van der Waals surface area contributed by atoms with Crippen molar-refractivity contribution in [1.82, 2.24) is 10.0 Å². The fourth-order valence-corrected chi connectivity index (χ4v) is 4.01. The summed E-state index contributed by atoms with van der Waals surface area (Å²) < 4.78 is 42.5.